The first kappa shape index (κ1) is 11.5. The molecule has 3 heteroatoms. The van der Waals surface area contributed by atoms with Crippen molar-refractivity contribution < 1.29 is 4.79 Å². The maximum Gasteiger partial charge on any atom is 0.219 e. The lowest BCUT2D eigenvalue weighted by molar-refractivity contribution is -0.121. The van der Waals surface area contributed by atoms with Crippen LogP contribution in [0.15, 0.2) is 0 Å². The van der Waals surface area contributed by atoms with Gasteiger partial charge in [-0.3, -0.25) is 4.79 Å². The molecule has 0 aromatic carbocycles. The molecule has 1 fully saturated rings. The first-order valence-corrected chi connectivity index (χ1v) is 5.74. The van der Waals surface area contributed by atoms with Crippen LogP contribution < -0.4 is 11.1 Å². The van der Waals surface area contributed by atoms with Crippen molar-refractivity contribution in [3.63, 3.8) is 0 Å². The Balaban J connectivity index is 2.09. The molecule has 0 aliphatic heterocycles. The molecule has 0 spiro atoms. The van der Waals surface area contributed by atoms with Crippen molar-refractivity contribution in [2.24, 2.45) is 11.7 Å². The summed E-state index contributed by atoms with van der Waals surface area (Å²) in [4.78, 5) is 11.2. The molecule has 0 radical (unpaired) electrons. The summed E-state index contributed by atoms with van der Waals surface area (Å²) in [6.07, 6.45) is 6.18. The predicted octanol–water partition coefficient (Wildman–Crippen LogP) is 1.42. The van der Waals surface area contributed by atoms with Crippen molar-refractivity contribution >= 4 is 5.91 Å². The number of nitrogens with one attached hydrogen (secondary N) is 1. The highest BCUT2D eigenvalue weighted by Crippen LogP contribution is 2.22. The highest BCUT2D eigenvalue weighted by atomic mass is 16.1. The first-order valence-electron chi connectivity index (χ1n) is 5.74. The number of nitrogens with two attached hydrogens (primary N) is 1. The molecule has 1 aliphatic rings. The fourth-order valence-corrected chi connectivity index (χ4v) is 1.97. The average molecular weight is 198 g/mol. The zero-order valence-electron chi connectivity index (χ0n) is 9.09. The van der Waals surface area contributed by atoms with Gasteiger partial charge in [0, 0.05) is 19.0 Å². The van der Waals surface area contributed by atoms with Crippen molar-refractivity contribution in [1.82, 2.24) is 5.32 Å². The van der Waals surface area contributed by atoms with Crippen LogP contribution in [-0.4, -0.2) is 18.5 Å². The highest BCUT2D eigenvalue weighted by Gasteiger charge is 2.18. The minimum Gasteiger partial charge on any atom is -0.356 e. The summed E-state index contributed by atoms with van der Waals surface area (Å²) in [6, 6.07) is 0.401. The van der Waals surface area contributed by atoms with Crippen molar-refractivity contribution in [2.75, 3.05) is 6.54 Å². The summed E-state index contributed by atoms with van der Waals surface area (Å²) in [5, 5.41) is 2.99. The lowest BCUT2D eigenvalue weighted by atomic mass is 9.86. The summed E-state index contributed by atoms with van der Waals surface area (Å²) in [7, 11) is 0. The van der Waals surface area contributed by atoms with E-state index >= 15 is 0 Å². The Hall–Kier alpha value is -0.570. The van der Waals surface area contributed by atoms with Gasteiger partial charge in [0.15, 0.2) is 0 Å². The van der Waals surface area contributed by atoms with Crippen molar-refractivity contribution in [3.05, 3.63) is 0 Å². The van der Waals surface area contributed by atoms with Crippen LogP contribution in [0.4, 0.5) is 0 Å². The van der Waals surface area contributed by atoms with Gasteiger partial charge in [-0.15, -0.1) is 0 Å². The lowest BCUT2D eigenvalue weighted by Crippen LogP contribution is -2.34. The van der Waals surface area contributed by atoms with Crippen molar-refractivity contribution in [3.8, 4) is 0 Å². The number of hydrogen-bond donors (Lipinski definition) is 2. The van der Waals surface area contributed by atoms with E-state index in [0.29, 0.717) is 18.4 Å². The van der Waals surface area contributed by atoms with Gasteiger partial charge in [0.2, 0.25) is 5.91 Å². The van der Waals surface area contributed by atoms with E-state index in [-0.39, 0.29) is 5.91 Å². The number of hydrogen-bond acceptors (Lipinski definition) is 2. The first-order chi connectivity index (χ1) is 6.72. The molecule has 0 unspecified atom stereocenters. The number of rotatable bonds is 4. The molecule has 0 aromatic rings. The molecule has 3 nitrogen and oxygen atoms in total. The van der Waals surface area contributed by atoms with Gasteiger partial charge in [-0.25, -0.2) is 0 Å². The van der Waals surface area contributed by atoms with Crippen LogP contribution in [-0.2, 0) is 4.79 Å². The normalized spacial score (nSPS) is 27.3. The minimum absolute atomic E-state index is 0.197. The average Bonchev–Trinajstić information content (AvgIpc) is 2.17. The van der Waals surface area contributed by atoms with E-state index in [1.165, 1.54) is 12.8 Å². The molecule has 1 aliphatic carbocycles. The van der Waals surface area contributed by atoms with Gasteiger partial charge < -0.3 is 11.1 Å². The van der Waals surface area contributed by atoms with Crippen molar-refractivity contribution in [2.45, 2.75) is 51.5 Å². The van der Waals surface area contributed by atoms with Gasteiger partial charge >= 0.3 is 0 Å². The molecule has 14 heavy (non-hydrogen) atoms. The topological polar surface area (TPSA) is 55.1 Å². The number of carbonyl (C=O) groups is 1. The monoisotopic (exact) mass is 198 g/mol. The van der Waals surface area contributed by atoms with Crippen LogP contribution in [0.3, 0.4) is 0 Å². The van der Waals surface area contributed by atoms with E-state index in [1.54, 1.807) is 0 Å². The second-order valence-electron chi connectivity index (χ2n) is 4.33. The Kier molecular flexibility index (Phi) is 4.94. The van der Waals surface area contributed by atoms with Gasteiger partial charge in [-0.2, -0.15) is 0 Å². The molecule has 0 aromatic heterocycles. The number of amides is 1. The van der Waals surface area contributed by atoms with Crippen LogP contribution in [0.25, 0.3) is 0 Å². The standard InChI is InChI=1S/C11H22N2O/c1-2-3-11(14)13-8-9-4-6-10(12)7-5-9/h9-10H,2-8,12H2,1H3,(H,13,14). The molecule has 0 bridgehead atoms. The summed E-state index contributed by atoms with van der Waals surface area (Å²) >= 11 is 0. The lowest BCUT2D eigenvalue weighted by Gasteiger charge is -2.26. The Morgan fingerprint density at radius 2 is 2.00 bits per heavy atom. The van der Waals surface area contributed by atoms with E-state index in [9.17, 15) is 4.79 Å². The smallest absolute Gasteiger partial charge is 0.219 e. The molecule has 0 saturated heterocycles. The third-order valence-electron chi connectivity index (χ3n) is 2.96. The van der Waals surface area contributed by atoms with Gasteiger partial charge in [0.05, 0.1) is 0 Å². The van der Waals surface area contributed by atoms with Gasteiger partial charge in [0.1, 0.15) is 0 Å². The molecule has 0 heterocycles. The molecule has 1 amide bonds. The van der Waals surface area contributed by atoms with Crippen LogP contribution in [0.1, 0.15) is 45.4 Å². The van der Waals surface area contributed by atoms with E-state index in [0.717, 1.165) is 25.8 Å². The molecule has 3 N–H and O–H groups in total. The molecule has 82 valence electrons. The van der Waals surface area contributed by atoms with E-state index in [2.05, 4.69) is 5.32 Å². The molecular weight excluding hydrogens is 176 g/mol. The molecule has 1 rings (SSSR count). The highest BCUT2D eigenvalue weighted by molar-refractivity contribution is 5.75. The Morgan fingerprint density at radius 1 is 1.36 bits per heavy atom. The van der Waals surface area contributed by atoms with Gasteiger partial charge in [-0.05, 0) is 38.0 Å². The van der Waals surface area contributed by atoms with E-state index in [4.69, 9.17) is 5.73 Å². The third kappa shape index (κ3) is 4.09. The summed E-state index contributed by atoms with van der Waals surface area (Å²) in [5.74, 6) is 0.859. The van der Waals surface area contributed by atoms with Gasteiger partial charge in [0.25, 0.3) is 0 Å². The summed E-state index contributed by atoms with van der Waals surface area (Å²) in [6.45, 7) is 2.88. The Morgan fingerprint density at radius 3 is 2.57 bits per heavy atom. The van der Waals surface area contributed by atoms with Crippen molar-refractivity contribution in [1.29, 1.82) is 0 Å². The maximum absolute atomic E-state index is 11.2. The quantitative estimate of drug-likeness (QED) is 0.718. The van der Waals surface area contributed by atoms with E-state index in [1.807, 2.05) is 6.92 Å². The molecule has 0 atom stereocenters. The van der Waals surface area contributed by atoms with Crippen LogP contribution in [0.5, 0.6) is 0 Å². The van der Waals surface area contributed by atoms with Crippen LogP contribution in [0.2, 0.25) is 0 Å². The molecule has 1 saturated carbocycles. The minimum atomic E-state index is 0.197. The Labute approximate surface area is 86.4 Å². The zero-order chi connectivity index (χ0) is 10.4. The SMILES string of the molecule is CCCC(=O)NCC1CCC(N)CC1. The Bertz CT molecular complexity index is 174. The largest absolute Gasteiger partial charge is 0.356 e. The predicted molar refractivity (Wildman–Crippen MR) is 57.9 cm³/mol. The number of carbonyl (C=O) groups excluding carboxylic acids is 1. The zero-order valence-corrected chi connectivity index (χ0v) is 9.09. The van der Waals surface area contributed by atoms with Crippen LogP contribution >= 0.6 is 0 Å². The second kappa shape index (κ2) is 6.02. The fourth-order valence-electron chi connectivity index (χ4n) is 1.97. The maximum atomic E-state index is 11.2. The summed E-state index contributed by atoms with van der Waals surface area (Å²) < 4.78 is 0. The second-order valence-corrected chi connectivity index (χ2v) is 4.33. The third-order valence-corrected chi connectivity index (χ3v) is 2.96. The summed E-state index contributed by atoms with van der Waals surface area (Å²) in [5.41, 5.74) is 5.81. The molecular formula is C11H22N2O. The van der Waals surface area contributed by atoms with Crippen LogP contribution in [0, 0.1) is 5.92 Å². The van der Waals surface area contributed by atoms with Gasteiger partial charge in [-0.1, -0.05) is 6.92 Å². The van der Waals surface area contributed by atoms with E-state index < -0.39 is 0 Å². The fraction of sp³-hybridized carbons (Fsp3) is 0.909.